The highest BCUT2D eigenvalue weighted by Gasteiger charge is 2.28. The fourth-order valence-electron chi connectivity index (χ4n) is 3.48. The smallest absolute Gasteiger partial charge is 0.311 e. The third kappa shape index (κ3) is 4.19. The number of rotatable bonds is 4. The van der Waals surface area contributed by atoms with Gasteiger partial charge in [0.05, 0.1) is 18.1 Å². The number of hydrogen-bond acceptors (Lipinski definition) is 7. The van der Waals surface area contributed by atoms with Crippen LogP contribution in [0.4, 0.5) is 0 Å². The highest BCUT2D eigenvalue weighted by Crippen LogP contribution is 2.24. The molecule has 0 aliphatic carbocycles. The maximum atomic E-state index is 12.7. The summed E-state index contributed by atoms with van der Waals surface area (Å²) in [5.74, 6) is 0.500. The van der Waals surface area contributed by atoms with E-state index in [-0.39, 0.29) is 22.6 Å². The van der Waals surface area contributed by atoms with Gasteiger partial charge in [-0.05, 0) is 43.0 Å². The van der Waals surface area contributed by atoms with Crippen LogP contribution in [-0.2, 0) is 14.8 Å². The Morgan fingerprint density at radius 1 is 1.03 bits per heavy atom. The summed E-state index contributed by atoms with van der Waals surface area (Å²) in [6, 6.07) is 6.24. The Labute approximate surface area is 169 Å². The summed E-state index contributed by atoms with van der Waals surface area (Å²) in [5, 5.41) is 7.84. The molecule has 0 saturated carbocycles. The molecule has 1 aromatic heterocycles. The molecule has 10 heteroatoms. The van der Waals surface area contributed by atoms with E-state index in [0.29, 0.717) is 50.9 Å². The van der Waals surface area contributed by atoms with Crippen LogP contribution in [0.2, 0.25) is 0 Å². The first-order valence-electron chi connectivity index (χ1n) is 9.76. The van der Waals surface area contributed by atoms with Crippen molar-refractivity contribution in [3.8, 4) is 11.5 Å². The Bertz CT molecular complexity index is 959. The van der Waals surface area contributed by atoms with Crippen molar-refractivity contribution < 1.29 is 22.4 Å². The van der Waals surface area contributed by atoms with Crippen LogP contribution in [0.5, 0.6) is 0 Å². The number of aromatic nitrogens is 2. The van der Waals surface area contributed by atoms with Crippen molar-refractivity contribution in [2.45, 2.75) is 24.7 Å². The van der Waals surface area contributed by atoms with Crippen LogP contribution in [-0.4, -0.2) is 73.1 Å². The van der Waals surface area contributed by atoms with Crippen molar-refractivity contribution in [2.75, 3.05) is 39.4 Å². The number of morpholine rings is 1. The first-order valence-corrected chi connectivity index (χ1v) is 11.2. The van der Waals surface area contributed by atoms with Crippen molar-refractivity contribution in [1.82, 2.24) is 19.4 Å². The maximum absolute atomic E-state index is 12.7. The topological polar surface area (TPSA) is 106 Å². The zero-order valence-electron chi connectivity index (χ0n) is 16.3. The minimum absolute atomic E-state index is 0.0421. The molecule has 0 bridgehead atoms. The molecule has 2 saturated heterocycles. The average Bonchev–Trinajstić information content (AvgIpc) is 3.25. The van der Waals surface area contributed by atoms with Crippen molar-refractivity contribution in [2.24, 2.45) is 5.92 Å². The fourth-order valence-corrected chi connectivity index (χ4v) is 4.89. The molecule has 2 aliphatic heterocycles. The van der Waals surface area contributed by atoms with E-state index < -0.39 is 10.0 Å². The molecule has 2 aliphatic rings. The molecule has 2 fully saturated rings. The number of carbonyl (C=O) groups is 1. The quantitative estimate of drug-likeness (QED) is 0.740. The van der Waals surface area contributed by atoms with Crippen LogP contribution in [0, 0.1) is 5.92 Å². The van der Waals surface area contributed by atoms with Gasteiger partial charge in [-0.15, -0.1) is 10.2 Å². The molecule has 9 nitrogen and oxygen atoms in total. The van der Waals surface area contributed by atoms with Crippen molar-refractivity contribution in [3.63, 3.8) is 0 Å². The predicted molar refractivity (Wildman–Crippen MR) is 104 cm³/mol. The standard InChI is InChI=1S/C19H24N4O5S/c1-14-6-8-22(9-7-14)19(24)18-21-20-17(28-18)15-2-4-16(5-3-15)29(25,26)23-10-12-27-13-11-23/h2-5,14H,6-13H2,1H3. The van der Waals surface area contributed by atoms with Gasteiger partial charge in [0.2, 0.25) is 15.9 Å². The Kier molecular flexibility index (Phi) is 5.66. The number of sulfonamides is 1. The van der Waals surface area contributed by atoms with Crippen LogP contribution in [0.15, 0.2) is 33.6 Å². The van der Waals surface area contributed by atoms with Crippen molar-refractivity contribution in [3.05, 3.63) is 30.2 Å². The lowest BCUT2D eigenvalue weighted by molar-refractivity contribution is 0.0657. The predicted octanol–water partition coefficient (Wildman–Crippen LogP) is 1.63. The lowest BCUT2D eigenvalue weighted by Gasteiger charge is -2.29. The van der Waals surface area contributed by atoms with Gasteiger partial charge in [-0.2, -0.15) is 4.31 Å². The third-order valence-corrected chi connectivity index (χ3v) is 7.30. The van der Waals surface area contributed by atoms with Crippen LogP contribution < -0.4 is 0 Å². The van der Waals surface area contributed by atoms with E-state index in [4.69, 9.17) is 9.15 Å². The van der Waals surface area contributed by atoms with Crippen molar-refractivity contribution >= 4 is 15.9 Å². The molecular formula is C19H24N4O5S. The number of carbonyl (C=O) groups excluding carboxylic acids is 1. The van der Waals surface area contributed by atoms with Gasteiger partial charge in [0.15, 0.2) is 0 Å². The molecule has 0 atom stereocenters. The van der Waals surface area contributed by atoms with Gasteiger partial charge in [0.25, 0.3) is 0 Å². The van der Waals surface area contributed by atoms with Gasteiger partial charge in [-0.25, -0.2) is 8.42 Å². The number of hydrogen-bond donors (Lipinski definition) is 0. The van der Waals surface area contributed by atoms with Crippen LogP contribution >= 0.6 is 0 Å². The normalized spacial score (nSPS) is 19.4. The van der Waals surface area contributed by atoms with Gasteiger partial charge in [0, 0.05) is 31.7 Å². The number of ether oxygens (including phenoxy) is 1. The number of nitrogens with zero attached hydrogens (tertiary/aromatic N) is 4. The summed E-state index contributed by atoms with van der Waals surface area (Å²) in [7, 11) is -3.56. The molecule has 0 unspecified atom stereocenters. The number of amides is 1. The second kappa shape index (κ2) is 8.21. The molecule has 0 radical (unpaired) electrons. The average molecular weight is 420 g/mol. The molecule has 1 aromatic carbocycles. The molecule has 0 N–H and O–H groups in total. The minimum atomic E-state index is -3.56. The Hall–Kier alpha value is -2.30. The van der Waals surface area contributed by atoms with Gasteiger partial charge in [0.1, 0.15) is 0 Å². The minimum Gasteiger partial charge on any atom is -0.412 e. The zero-order chi connectivity index (χ0) is 20.4. The molecule has 1 amide bonds. The number of likely N-dealkylation sites (tertiary alicyclic amines) is 1. The van der Waals surface area contributed by atoms with Crippen molar-refractivity contribution in [1.29, 1.82) is 0 Å². The summed E-state index contributed by atoms with van der Waals surface area (Å²) in [6.45, 7) is 5.02. The molecule has 3 heterocycles. The monoisotopic (exact) mass is 420 g/mol. The van der Waals surface area contributed by atoms with E-state index >= 15 is 0 Å². The summed E-state index contributed by atoms with van der Waals surface area (Å²) in [5.41, 5.74) is 0.560. The Morgan fingerprint density at radius 2 is 1.69 bits per heavy atom. The summed E-state index contributed by atoms with van der Waals surface area (Å²) < 4.78 is 37.6. The number of piperidine rings is 1. The molecule has 0 spiro atoms. The SMILES string of the molecule is CC1CCN(C(=O)c2nnc(-c3ccc(S(=O)(=O)N4CCOCC4)cc3)o2)CC1. The lowest BCUT2D eigenvalue weighted by atomic mass is 9.99. The third-order valence-electron chi connectivity index (χ3n) is 5.39. The molecule has 2 aromatic rings. The molecule has 29 heavy (non-hydrogen) atoms. The first kappa shape index (κ1) is 20.0. The largest absolute Gasteiger partial charge is 0.412 e. The second-order valence-corrected chi connectivity index (χ2v) is 9.37. The fraction of sp³-hybridized carbons (Fsp3) is 0.526. The van der Waals surface area contributed by atoms with Gasteiger partial charge in [-0.1, -0.05) is 6.92 Å². The molecule has 156 valence electrons. The molecule has 4 rings (SSSR count). The van der Waals surface area contributed by atoms with Gasteiger partial charge >= 0.3 is 11.8 Å². The van der Waals surface area contributed by atoms with Crippen LogP contribution in [0.1, 0.15) is 30.5 Å². The maximum Gasteiger partial charge on any atom is 0.311 e. The second-order valence-electron chi connectivity index (χ2n) is 7.43. The van der Waals surface area contributed by atoms with E-state index in [1.165, 1.54) is 16.4 Å². The van der Waals surface area contributed by atoms with Gasteiger partial charge < -0.3 is 14.1 Å². The Morgan fingerprint density at radius 3 is 2.34 bits per heavy atom. The summed E-state index contributed by atoms with van der Waals surface area (Å²) >= 11 is 0. The lowest BCUT2D eigenvalue weighted by Crippen LogP contribution is -2.40. The van der Waals surface area contributed by atoms with E-state index in [0.717, 1.165) is 12.8 Å². The molecular weight excluding hydrogens is 396 g/mol. The van der Waals surface area contributed by atoms with E-state index in [1.54, 1.807) is 17.0 Å². The summed E-state index contributed by atoms with van der Waals surface area (Å²) in [4.78, 5) is 14.5. The highest BCUT2D eigenvalue weighted by atomic mass is 32.2. The Balaban J connectivity index is 1.48. The van der Waals surface area contributed by atoms with Crippen LogP contribution in [0.3, 0.4) is 0 Å². The van der Waals surface area contributed by atoms with E-state index in [2.05, 4.69) is 17.1 Å². The van der Waals surface area contributed by atoms with E-state index in [1.807, 2.05) is 0 Å². The summed E-state index contributed by atoms with van der Waals surface area (Å²) in [6.07, 6.45) is 1.93. The number of benzene rings is 1. The first-order chi connectivity index (χ1) is 13.9. The van der Waals surface area contributed by atoms with Gasteiger partial charge in [-0.3, -0.25) is 4.79 Å². The van der Waals surface area contributed by atoms with E-state index in [9.17, 15) is 13.2 Å². The van der Waals surface area contributed by atoms with Crippen LogP contribution in [0.25, 0.3) is 11.5 Å². The zero-order valence-corrected chi connectivity index (χ0v) is 17.1. The highest BCUT2D eigenvalue weighted by molar-refractivity contribution is 7.89.